The molecule has 0 saturated heterocycles. The van der Waals surface area contributed by atoms with Gasteiger partial charge in [-0.3, -0.25) is 0 Å². The second kappa shape index (κ2) is 5.69. The van der Waals surface area contributed by atoms with Crippen molar-refractivity contribution in [3.8, 4) is 0 Å². The monoisotopic (exact) mass is 236 g/mol. The third-order valence-corrected chi connectivity index (χ3v) is 3.79. The van der Waals surface area contributed by atoms with Gasteiger partial charge in [0.05, 0.1) is 6.26 Å². The van der Waals surface area contributed by atoms with E-state index in [2.05, 4.69) is 37.2 Å². The van der Waals surface area contributed by atoms with Crippen molar-refractivity contribution >= 4 is 0 Å². The first kappa shape index (κ1) is 12.7. The number of hydrogen-bond acceptors (Lipinski definition) is 3. The molecule has 0 aliphatic heterocycles. The summed E-state index contributed by atoms with van der Waals surface area (Å²) in [5.41, 5.74) is 1.38. The molecule has 1 heterocycles. The van der Waals surface area contributed by atoms with Crippen molar-refractivity contribution in [2.45, 2.75) is 45.2 Å². The lowest BCUT2D eigenvalue weighted by Gasteiger charge is -2.26. The molecule has 1 aliphatic rings. The molecule has 3 heteroatoms. The number of rotatable bonds is 5. The molecule has 0 saturated carbocycles. The zero-order valence-electron chi connectivity index (χ0n) is 11.2. The SMILES string of the molecule is CC(C)N(C)CCNC1CCCc2occc21. The van der Waals surface area contributed by atoms with Crippen LogP contribution < -0.4 is 5.32 Å². The van der Waals surface area contributed by atoms with Gasteiger partial charge < -0.3 is 14.6 Å². The Morgan fingerprint density at radius 3 is 3.12 bits per heavy atom. The normalized spacial score (nSPS) is 19.9. The number of nitrogens with zero attached hydrogens (tertiary/aromatic N) is 1. The molecule has 0 bridgehead atoms. The summed E-state index contributed by atoms with van der Waals surface area (Å²) in [7, 11) is 2.18. The maximum absolute atomic E-state index is 5.50. The molecule has 1 aromatic heterocycles. The van der Waals surface area contributed by atoms with Gasteiger partial charge in [0.1, 0.15) is 5.76 Å². The lowest BCUT2D eigenvalue weighted by atomic mass is 9.93. The van der Waals surface area contributed by atoms with E-state index in [1.807, 2.05) is 6.26 Å². The van der Waals surface area contributed by atoms with E-state index in [-0.39, 0.29) is 0 Å². The Kier molecular flexibility index (Phi) is 4.24. The molecule has 0 aromatic carbocycles. The molecular weight excluding hydrogens is 212 g/mol. The van der Waals surface area contributed by atoms with Gasteiger partial charge in [-0.25, -0.2) is 0 Å². The Bertz CT molecular complexity index is 346. The molecule has 3 nitrogen and oxygen atoms in total. The molecule has 1 aromatic rings. The predicted octanol–water partition coefficient (Wildman–Crippen LogP) is 2.59. The number of aryl methyl sites for hydroxylation is 1. The van der Waals surface area contributed by atoms with Gasteiger partial charge in [0.25, 0.3) is 0 Å². The van der Waals surface area contributed by atoms with E-state index < -0.39 is 0 Å². The smallest absolute Gasteiger partial charge is 0.108 e. The van der Waals surface area contributed by atoms with Crippen molar-refractivity contribution in [3.63, 3.8) is 0 Å². The Balaban J connectivity index is 1.81. The lowest BCUT2D eigenvalue weighted by molar-refractivity contribution is 0.266. The maximum Gasteiger partial charge on any atom is 0.108 e. The first-order valence-electron chi connectivity index (χ1n) is 6.68. The van der Waals surface area contributed by atoms with E-state index in [1.165, 1.54) is 24.2 Å². The molecule has 1 N–H and O–H groups in total. The van der Waals surface area contributed by atoms with Crippen LogP contribution in [0.5, 0.6) is 0 Å². The van der Waals surface area contributed by atoms with Crippen molar-refractivity contribution < 1.29 is 4.42 Å². The van der Waals surface area contributed by atoms with Crippen molar-refractivity contribution in [2.24, 2.45) is 0 Å². The van der Waals surface area contributed by atoms with Crippen LogP contribution in [0.1, 0.15) is 44.1 Å². The van der Waals surface area contributed by atoms with Crippen LogP contribution in [0.4, 0.5) is 0 Å². The number of furan rings is 1. The highest BCUT2D eigenvalue weighted by molar-refractivity contribution is 5.23. The highest BCUT2D eigenvalue weighted by Gasteiger charge is 2.21. The van der Waals surface area contributed by atoms with Crippen LogP contribution in [-0.2, 0) is 6.42 Å². The van der Waals surface area contributed by atoms with Crippen molar-refractivity contribution in [2.75, 3.05) is 20.1 Å². The standard InChI is InChI=1S/C14H24N2O/c1-11(2)16(3)9-8-15-13-5-4-6-14-12(13)7-10-17-14/h7,10-11,13,15H,4-6,8-9H2,1-3H3. The predicted molar refractivity (Wildman–Crippen MR) is 70.2 cm³/mol. The zero-order chi connectivity index (χ0) is 12.3. The number of nitrogens with one attached hydrogen (secondary N) is 1. The van der Waals surface area contributed by atoms with Crippen LogP contribution in [0.25, 0.3) is 0 Å². The van der Waals surface area contributed by atoms with Gasteiger partial charge >= 0.3 is 0 Å². The molecule has 96 valence electrons. The first-order chi connectivity index (χ1) is 8.18. The zero-order valence-corrected chi connectivity index (χ0v) is 11.2. The summed E-state index contributed by atoms with van der Waals surface area (Å²) in [5.74, 6) is 1.19. The summed E-state index contributed by atoms with van der Waals surface area (Å²) >= 11 is 0. The molecule has 2 rings (SSSR count). The second-order valence-electron chi connectivity index (χ2n) is 5.27. The van der Waals surface area contributed by atoms with Gasteiger partial charge in [-0.15, -0.1) is 0 Å². The molecule has 1 aliphatic carbocycles. The van der Waals surface area contributed by atoms with Crippen molar-refractivity contribution in [1.29, 1.82) is 0 Å². The minimum absolute atomic E-state index is 0.498. The van der Waals surface area contributed by atoms with Gasteiger partial charge in [0, 0.05) is 37.2 Å². The van der Waals surface area contributed by atoms with Gasteiger partial charge in [0.15, 0.2) is 0 Å². The number of likely N-dealkylation sites (N-methyl/N-ethyl adjacent to an activating group) is 1. The van der Waals surface area contributed by atoms with Crippen LogP contribution in [-0.4, -0.2) is 31.1 Å². The van der Waals surface area contributed by atoms with E-state index >= 15 is 0 Å². The van der Waals surface area contributed by atoms with Gasteiger partial charge in [-0.2, -0.15) is 0 Å². The van der Waals surface area contributed by atoms with Crippen LogP contribution in [0.3, 0.4) is 0 Å². The number of hydrogen-bond donors (Lipinski definition) is 1. The fraction of sp³-hybridized carbons (Fsp3) is 0.714. The minimum Gasteiger partial charge on any atom is -0.469 e. The summed E-state index contributed by atoms with van der Waals surface area (Å²) < 4.78 is 5.50. The topological polar surface area (TPSA) is 28.4 Å². The summed E-state index contributed by atoms with van der Waals surface area (Å²) in [6.45, 7) is 6.61. The molecule has 1 unspecified atom stereocenters. The average molecular weight is 236 g/mol. The lowest BCUT2D eigenvalue weighted by Crippen LogP contribution is -2.35. The largest absolute Gasteiger partial charge is 0.469 e. The van der Waals surface area contributed by atoms with Crippen LogP contribution in [0.15, 0.2) is 16.7 Å². The molecular formula is C14H24N2O. The Labute approximate surface area is 104 Å². The quantitative estimate of drug-likeness (QED) is 0.852. The fourth-order valence-electron chi connectivity index (χ4n) is 2.37. The fourth-order valence-corrected chi connectivity index (χ4v) is 2.37. The first-order valence-corrected chi connectivity index (χ1v) is 6.68. The van der Waals surface area contributed by atoms with Crippen molar-refractivity contribution in [3.05, 3.63) is 23.7 Å². The van der Waals surface area contributed by atoms with E-state index in [0.29, 0.717) is 12.1 Å². The van der Waals surface area contributed by atoms with E-state index in [4.69, 9.17) is 4.42 Å². The third kappa shape index (κ3) is 3.11. The Morgan fingerprint density at radius 2 is 2.35 bits per heavy atom. The highest BCUT2D eigenvalue weighted by atomic mass is 16.3. The summed E-state index contributed by atoms with van der Waals surface area (Å²) in [5, 5.41) is 3.65. The summed E-state index contributed by atoms with van der Waals surface area (Å²) in [4.78, 5) is 2.37. The number of fused-ring (bicyclic) bond motifs is 1. The van der Waals surface area contributed by atoms with E-state index in [0.717, 1.165) is 19.5 Å². The molecule has 1 atom stereocenters. The average Bonchev–Trinajstić information content (AvgIpc) is 2.77. The van der Waals surface area contributed by atoms with Crippen LogP contribution in [0, 0.1) is 0 Å². The molecule has 0 fully saturated rings. The molecule has 0 amide bonds. The van der Waals surface area contributed by atoms with E-state index in [9.17, 15) is 0 Å². The highest BCUT2D eigenvalue weighted by Crippen LogP contribution is 2.30. The van der Waals surface area contributed by atoms with Crippen LogP contribution in [0.2, 0.25) is 0 Å². The Morgan fingerprint density at radius 1 is 1.53 bits per heavy atom. The van der Waals surface area contributed by atoms with Gasteiger partial charge in [0.2, 0.25) is 0 Å². The summed E-state index contributed by atoms with van der Waals surface area (Å²) in [6, 6.07) is 3.24. The molecule has 0 spiro atoms. The van der Waals surface area contributed by atoms with Crippen LogP contribution >= 0.6 is 0 Å². The van der Waals surface area contributed by atoms with Gasteiger partial charge in [-0.1, -0.05) is 0 Å². The van der Waals surface area contributed by atoms with Crippen molar-refractivity contribution in [1.82, 2.24) is 10.2 Å². The summed E-state index contributed by atoms with van der Waals surface area (Å²) in [6.07, 6.45) is 5.40. The second-order valence-corrected chi connectivity index (χ2v) is 5.27. The Hall–Kier alpha value is -0.800. The van der Waals surface area contributed by atoms with Gasteiger partial charge in [-0.05, 0) is 39.8 Å². The minimum atomic E-state index is 0.498. The van der Waals surface area contributed by atoms with E-state index in [1.54, 1.807) is 0 Å². The molecule has 17 heavy (non-hydrogen) atoms. The molecule has 0 radical (unpaired) electrons. The maximum atomic E-state index is 5.50. The third-order valence-electron chi connectivity index (χ3n) is 3.79.